The molecule has 2 heterocycles. The molecular formula is C11H13BrN2OS. The predicted octanol–water partition coefficient (Wildman–Crippen LogP) is 3.35. The van der Waals surface area contributed by atoms with E-state index in [1.54, 1.807) is 17.5 Å². The molecule has 0 saturated heterocycles. The Kier molecular flexibility index (Phi) is 4.15. The lowest BCUT2D eigenvalue weighted by Gasteiger charge is -1.98. The molecule has 0 saturated carbocycles. The first-order chi connectivity index (χ1) is 7.78. The lowest BCUT2D eigenvalue weighted by Crippen LogP contribution is -2.11. The van der Waals surface area contributed by atoms with Crippen molar-refractivity contribution in [2.24, 2.45) is 0 Å². The molecule has 0 radical (unpaired) electrons. The fraction of sp³-hybridized carbons (Fsp3) is 0.364. The second-order valence-electron chi connectivity index (χ2n) is 3.41. The Labute approximate surface area is 107 Å². The molecule has 0 atom stereocenters. The van der Waals surface area contributed by atoms with Crippen LogP contribution >= 0.6 is 27.3 Å². The lowest BCUT2D eigenvalue weighted by molar-refractivity contribution is 0.439. The van der Waals surface area contributed by atoms with Crippen molar-refractivity contribution in [2.75, 3.05) is 0 Å². The number of oxazole rings is 1. The second-order valence-corrected chi connectivity index (χ2v) is 5.32. The number of nitrogens with zero attached hydrogens (tertiary/aromatic N) is 1. The van der Waals surface area contributed by atoms with Gasteiger partial charge in [-0.1, -0.05) is 6.92 Å². The highest BCUT2D eigenvalue weighted by Gasteiger charge is 2.02. The number of thiophene rings is 1. The first-order valence-electron chi connectivity index (χ1n) is 5.15. The summed E-state index contributed by atoms with van der Waals surface area (Å²) in [5.74, 6) is 1.70. The van der Waals surface area contributed by atoms with Gasteiger partial charge in [-0.2, -0.15) is 0 Å². The van der Waals surface area contributed by atoms with Gasteiger partial charge in [0.25, 0.3) is 0 Å². The number of rotatable bonds is 5. The van der Waals surface area contributed by atoms with E-state index in [9.17, 15) is 0 Å². The van der Waals surface area contributed by atoms with Crippen LogP contribution in [0.5, 0.6) is 0 Å². The van der Waals surface area contributed by atoms with Crippen LogP contribution in [0, 0.1) is 0 Å². The highest BCUT2D eigenvalue weighted by molar-refractivity contribution is 9.10. The SMILES string of the molecule is CCc1cnc(CNCc2cc(Br)cs2)o1. The summed E-state index contributed by atoms with van der Waals surface area (Å²) >= 11 is 5.17. The van der Waals surface area contributed by atoms with Gasteiger partial charge in [-0.3, -0.25) is 0 Å². The summed E-state index contributed by atoms with van der Waals surface area (Å²) in [6.45, 7) is 3.58. The van der Waals surface area contributed by atoms with Crippen molar-refractivity contribution < 1.29 is 4.42 Å². The van der Waals surface area contributed by atoms with E-state index >= 15 is 0 Å². The molecule has 0 aromatic carbocycles. The molecule has 0 bridgehead atoms. The summed E-state index contributed by atoms with van der Waals surface area (Å²) in [6, 6.07) is 2.12. The minimum atomic E-state index is 0.676. The van der Waals surface area contributed by atoms with Gasteiger partial charge in [0.2, 0.25) is 5.89 Å². The number of hydrogen-bond donors (Lipinski definition) is 1. The molecule has 2 rings (SSSR count). The van der Waals surface area contributed by atoms with Crippen LogP contribution in [0.3, 0.4) is 0 Å². The number of aromatic nitrogens is 1. The molecule has 16 heavy (non-hydrogen) atoms. The van der Waals surface area contributed by atoms with Crippen LogP contribution in [0.2, 0.25) is 0 Å². The molecule has 2 aromatic heterocycles. The summed E-state index contributed by atoms with van der Waals surface area (Å²) in [7, 11) is 0. The summed E-state index contributed by atoms with van der Waals surface area (Å²) in [4.78, 5) is 5.49. The molecule has 1 N–H and O–H groups in total. The quantitative estimate of drug-likeness (QED) is 0.920. The maximum absolute atomic E-state index is 5.50. The normalized spacial score (nSPS) is 10.9. The summed E-state index contributed by atoms with van der Waals surface area (Å²) in [5.41, 5.74) is 0. The number of nitrogens with one attached hydrogen (secondary N) is 1. The molecule has 0 spiro atoms. The van der Waals surface area contributed by atoms with E-state index in [1.165, 1.54) is 4.88 Å². The third-order valence-electron chi connectivity index (χ3n) is 2.15. The van der Waals surface area contributed by atoms with Crippen molar-refractivity contribution in [1.29, 1.82) is 0 Å². The van der Waals surface area contributed by atoms with E-state index in [0.29, 0.717) is 6.54 Å². The summed E-state index contributed by atoms with van der Waals surface area (Å²) < 4.78 is 6.63. The first kappa shape index (κ1) is 11.8. The van der Waals surface area contributed by atoms with Crippen molar-refractivity contribution in [3.05, 3.63) is 38.6 Å². The zero-order chi connectivity index (χ0) is 11.4. The zero-order valence-electron chi connectivity index (χ0n) is 9.00. The van der Waals surface area contributed by atoms with Crippen molar-refractivity contribution in [1.82, 2.24) is 10.3 Å². The van der Waals surface area contributed by atoms with Crippen LogP contribution in [0.25, 0.3) is 0 Å². The van der Waals surface area contributed by atoms with E-state index < -0.39 is 0 Å². The Morgan fingerprint density at radius 1 is 1.50 bits per heavy atom. The third kappa shape index (κ3) is 3.17. The molecular weight excluding hydrogens is 288 g/mol. The second kappa shape index (κ2) is 5.61. The Morgan fingerprint density at radius 3 is 3.00 bits per heavy atom. The monoisotopic (exact) mass is 300 g/mol. The van der Waals surface area contributed by atoms with Gasteiger partial charge in [-0.25, -0.2) is 4.98 Å². The van der Waals surface area contributed by atoms with Gasteiger partial charge in [0, 0.05) is 27.7 Å². The van der Waals surface area contributed by atoms with E-state index in [4.69, 9.17) is 4.42 Å². The smallest absolute Gasteiger partial charge is 0.208 e. The van der Waals surface area contributed by atoms with Crippen LogP contribution in [0.15, 0.2) is 26.5 Å². The number of aryl methyl sites for hydroxylation is 1. The highest BCUT2D eigenvalue weighted by atomic mass is 79.9. The van der Waals surface area contributed by atoms with Crippen LogP contribution < -0.4 is 5.32 Å². The molecule has 2 aromatic rings. The minimum Gasteiger partial charge on any atom is -0.444 e. The predicted molar refractivity (Wildman–Crippen MR) is 68.4 cm³/mol. The number of halogens is 1. The molecule has 0 fully saturated rings. The van der Waals surface area contributed by atoms with Gasteiger partial charge in [-0.15, -0.1) is 11.3 Å². The van der Waals surface area contributed by atoms with E-state index in [0.717, 1.165) is 29.1 Å². The van der Waals surface area contributed by atoms with Crippen molar-refractivity contribution >= 4 is 27.3 Å². The molecule has 5 heteroatoms. The van der Waals surface area contributed by atoms with Gasteiger partial charge in [0.15, 0.2) is 0 Å². The Hall–Kier alpha value is -0.650. The number of hydrogen-bond acceptors (Lipinski definition) is 4. The van der Waals surface area contributed by atoms with Gasteiger partial charge in [0.05, 0.1) is 12.7 Å². The van der Waals surface area contributed by atoms with E-state index in [-0.39, 0.29) is 0 Å². The fourth-order valence-corrected chi connectivity index (χ4v) is 2.75. The van der Waals surface area contributed by atoms with Gasteiger partial charge in [-0.05, 0) is 22.0 Å². The average molecular weight is 301 g/mol. The molecule has 0 aliphatic rings. The molecule has 0 aliphatic carbocycles. The molecule has 0 amide bonds. The van der Waals surface area contributed by atoms with Gasteiger partial charge in [0.1, 0.15) is 5.76 Å². The maximum atomic E-state index is 5.50. The van der Waals surface area contributed by atoms with Gasteiger partial charge < -0.3 is 9.73 Å². The van der Waals surface area contributed by atoms with Crippen molar-refractivity contribution in [3.63, 3.8) is 0 Å². The first-order valence-corrected chi connectivity index (χ1v) is 6.82. The summed E-state index contributed by atoms with van der Waals surface area (Å²) in [6.07, 6.45) is 2.68. The maximum Gasteiger partial charge on any atom is 0.208 e. The fourth-order valence-electron chi connectivity index (χ4n) is 1.33. The average Bonchev–Trinajstić information content (AvgIpc) is 2.88. The topological polar surface area (TPSA) is 38.1 Å². The largest absolute Gasteiger partial charge is 0.444 e. The highest BCUT2D eigenvalue weighted by Crippen LogP contribution is 2.19. The Morgan fingerprint density at radius 2 is 2.38 bits per heavy atom. The van der Waals surface area contributed by atoms with Crippen LogP contribution in [0.4, 0.5) is 0 Å². The molecule has 0 unspecified atom stereocenters. The van der Waals surface area contributed by atoms with Crippen LogP contribution in [-0.2, 0) is 19.5 Å². The van der Waals surface area contributed by atoms with E-state index in [1.807, 2.05) is 0 Å². The third-order valence-corrected chi connectivity index (χ3v) is 3.84. The minimum absolute atomic E-state index is 0.676. The van der Waals surface area contributed by atoms with Crippen molar-refractivity contribution in [2.45, 2.75) is 26.4 Å². The van der Waals surface area contributed by atoms with Crippen molar-refractivity contribution in [3.8, 4) is 0 Å². The summed E-state index contributed by atoms with van der Waals surface area (Å²) in [5, 5.41) is 5.38. The molecule has 86 valence electrons. The zero-order valence-corrected chi connectivity index (χ0v) is 11.4. The Bertz CT molecular complexity index is 452. The molecule has 3 nitrogen and oxygen atoms in total. The van der Waals surface area contributed by atoms with Gasteiger partial charge >= 0.3 is 0 Å². The lowest BCUT2D eigenvalue weighted by atomic mass is 10.4. The molecule has 0 aliphatic heterocycles. The standard InChI is InChI=1S/C11H13BrN2OS/c1-2-9-4-14-11(15-9)6-13-5-10-3-8(12)7-16-10/h3-4,7,13H,2,5-6H2,1H3. The van der Waals surface area contributed by atoms with Crippen LogP contribution in [0.1, 0.15) is 23.5 Å². The van der Waals surface area contributed by atoms with Crippen LogP contribution in [-0.4, -0.2) is 4.98 Å². The Balaban J connectivity index is 1.79. The van der Waals surface area contributed by atoms with E-state index in [2.05, 4.69) is 44.6 Å².